The fourth-order valence-electron chi connectivity index (χ4n) is 4.29. The number of halogens is 1. The number of likely N-dealkylation sites (N-methyl/N-ethyl adjacent to an activating group) is 1. The molecule has 1 aliphatic rings. The first-order valence-corrected chi connectivity index (χ1v) is 11.4. The fourth-order valence-corrected chi connectivity index (χ4v) is 4.29. The molecule has 3 aromatic rings. The van der Waals surface area contributed by atoms with Crippen LogP contribution in [0, 0.1) is 0 Å². The van der Waals surface area contributed by atoms with Gasteiger partial charge < -0.3 is 19.6 Å². The molecule has 0 bridgehead atoms. The normalized spacial score (nSPS) is 14.6. The molecule has 0 unspecified atom stereocenters. The molecule has 172 valence electrons. The molecule has 1 aliphatic heterocycles. The van der Waals surface area contributed by atoms with Gasteiger partial charge in [-0.3, -0.25) is 0 Å². The first-order chi connectivity index (χ1) is 15.1. The molecule has 0 radical (unpaired) electrons. The van der Waals surface area contributed by atoms with E-state index < -0.39 is 0 Å². The summed E-state index contributed by atoms with van der Waals surface area (Å²) < 4.78 is 5.76. The van der Waals surface area contributed by atoms with E-state index in [-0.39, 0.29) is 19.0 Å². The molecule has 1 fully saturated rings. The molecule has 0 spiro atoms. The molecule has 2 heterocycles. The second-order valence-corrected chi connectivity index (χ2v) is 8.45. The van der Waals surface area contributed by atoms with E-state index in [1.807, 2.05) is 6.07 Å². The molecule has 0 aliphatic carbocycles. The quantitative estimate of drug-likeness (QED) is 0.545. The predicted octanol–water partition coefficient (Wildman–Crippen LogP) is 4.96. The summed E-state index contributed by atoms with van der Waals surface area (Å²) in [5.41, 5.74) is 3.22. The van der Waals surface area contributed by atoms with Gasteiger partial charge in [-0.2, -0.15) is 0 Å². The number of aliphatic hydroxyl groups excluding tert-OH is 1. The van der Waals surface area contributed by atoms with Crippen molar-refractivity contribution in [2.75, 3.05) is 50.8 Å². The van der Waals surface area contributed by atoms with Crippen LogP contribution in [0.5, 0.6) is 5.75 Å². The first kappa shape index (κ1) is 24.3. The molecule has 1 aromatic heterocycles. The number of hydrogen-bond acceptors (Lipinski definition) is 5. The van der Waals surface area contributed by atoms with Crippen LogP contribution in [0.25, 0.3) is 22.0 Å². The lowest BCUT2D eigenvalue weighted by Gasteiger charge is -2.35. The summed E-state index contributed by atoms with van der Waals surface area (Å²) in [6.07, 6.45) is 0. The summed E-state index contributed by atoms with van der Waals surface area (Å²) in [6.45, 7) is 12.1. The largest absolute Gasteiger partial charge is 0.491 e. The molecule has 0 atom stereocenters. The highest BCUT2D eigenvalue weighted by atomic mass is 35.5. The summed E-state index contributed by atoms with van der Waals surface area (Å²) in [4.78, 5) is 10.1. The second kappa shape index (κ2) is 11.0. The first-order valence-electron chi connectivity index (χ1n) is 11.4. The fraction of sp³-hybridized carbons (Fsp3) is 0.423. The number of hydrogen-bond donors (Lipinski definition) is 1. The Labute approximate surface area is 197 Å². The number of anilines is 1. The van der Waals surface area contributed by atoms with Crippen LogP contribution < -0.4 is 9.64 Å². The topological polar surface area (TPSA) is 48.8 Å². The van der Waals surface area contributed by atoms with E-state index >= 15 is 0 Å². The van der Waals surface area contributed by atoms with Crippen molar-refractivity contribution < 1.29 is 9.84 Å². The Hall–Kier alpha value is -2.34. The summed E-state index contributed by atoms with van der Waals surface area (Å²) in [5.74, 6) is 2.23. The Balaban J connectivity index is 0.00000289. The Morgan fingerprint density at radius 3 is 2.47 bits per heavy atom. The molecule has 2 aromatic carbocycles. The van der Waals surface area contributed by atoms with Crippen LogP contribution in [0.2, 0.25) is 0 Å². The highest BCUT2D eigenvalue weighted by Crippen LogP contribution is 2.34. The SMILES string of the molecule is CCN1CCN(c2nc(-c3ccc(OCCO)c(C(C)C)c3)cc3ccccc23)CC1.Cl. The zero-order valence-corrected chi connectivity index (χ0v) is 20.1. The molecular weight excluding hydrogens is 422 g/mol. The van der Waals surface area contributed by atoms with Gasteiger partial charge in [0.2, 0.25) is 0 Å². The van der Waals surface area contributed by atoms with Crippen LogP contribution in [0.1, 0.15) is 32.3 Å². The van der Waals surface area contributed by atoms with Gasteiger partial charge in [-0.05, 0) is 47.7 Å². The number of aliphatic hydroxyl groups is 1. The standard InChI is InChI=1S/C26H33N3O2.ClH/c1-4-28-11-13-29(14-12-28)26-22-8-6-5-7-20(22)18-24(27-26)21-9-10-25(31-16-15-30)23(17-21)19(2)3;/h5-10,17-19,30H,4,11-16H2,1-3H3;1H. The molecule has 1 saturated heterocycles. The second-order valence-electron chi connectivity index (χ2n) is 8.45. The Kier molecular flexibility index (Phi) is 8.35. The summed E-state index contributed by atoms with van der Waals surface area (Å²) in [5, 5.41) is 11.6. The number of ether oxygens (including phenoxy) is 1. The smallest absolute Gasteiger partial charge is 0.137 e. The minimum atomic E-state index is 0. The maximum absolute atomic E-state index is 9.13. The third-order valence-electron chi connectivity index (χ3n) is 6.12. The highest BCUT2D eigenvalue weighted by molar-refractivity contribution is 5.95. The molecule has 5 nitrogen and oxygen atoms in total. The van der Waals surface area contributed by atoms with E-state index in [1.54, 1.807) is 0 Å². The van der Waals surface area contributed by atoms with Crippen molar-refractivity contribution in [2.45, 2.75) is 26.7 Å². The molecule has 4 rings (SSSR count). The van der Waals surface area contributed by atoms with Crippen LogP contribution in [-0.2, 0) is 0 Å². The van der Waals surface area contributed by atoms with E-state index in [0.717, 1.165) is 61.1 Å². The van der Waals surface area contributed by atoms with Gasteiger partial charge in [0.1, 0.15) is 18.2 Å². The van der Waals surface area contributed by atoms with Crippen LogP contribution in [-0.4, -0.2) is 60.9 Å². The van der Waals surface area contributed by atoms with Crippen molar-refractivity contribution in [1.82, 2.24) is 9.88 Å². The van der Waals surface area contributed by atoms with Gasteiger partial charge in [0.25, 0.3) is 0 Å². The van der Waals surface area contributed by atoms with Gasteiger partial charge in [-0.25, -0.2) is 4.98 Å². The number of fused-ring (bicyclic) bond motifs is 1. The average Bonchev–Trinajstić information content (AvgIpc) is 2.82. The summed E-state index contributed by atoms with van der Waals surface area (Å²) in [7, 11) is 0. The van der Waals surface area contributed by atoms with Gasteiger partial charge in [0, 0.05) is 37.1 Å². The van der Waals surface area contributed by atoms with Crippen molar-refractivity contribution in [3.63, 3.8) is 0 Å². The Morgan fingerprint density at radius 1 is 1.03 bits per heavy atom. The van der Waals surface area contributed by atoms with Crippen molar-refractivity contribution in [3.05, 3.63) is 54.1 Å². The van der Waals surface area contributed by atoms with Gasteiger partial charge in [0.05, 0.1) is 12.3 Å². The van der Waals surface area contributed by atoms with E-state index in [0.29, 0.717) is 12.5 Å². The van der Waals surface area contributed by atoms with Crippen LogP contribution in [0.15, 0.2) is 48.5 Å². The Morgan fingerprint density at radius 2 is 1.78 bits per heavy atom. The number of aromatic nitrogens is 1. The lowest BCUT2D eigenvalue weighted by molar-refractivity contribution is 0.200. The van der Waals surface area contributed by atoms with Gasteiger partial charge in [0.15, 0.2) is 0 Å². The lowest BCUT2D eigenvalue weighted by atomic mass is 9.97. The molecule has 1 N–H and O–H groups in total. The number of benzene rings is 2. The van der Waals surface area contributed by atoms with Gasteiger partial charge >= 0.3 is 0 Å². The molecule has 0 saturated carbocycles. The number of pyridine rings is 1. The van der Waals surface area contributed by atoms with Crippen molar-refractivity contribution in [3.8, 4) is 17.0 Å². The number of rotatable bonds is 7. The lowest BCUT2D eigenvalue weighted by Crippen LogP contribution is -2.46. The van der Waals surface area contributed by atoms with Crippen molar-refractivity contribution in [2.24, 2.45) is 0 Å². The minimum Gasteiger partial charge on any atom is -0.491 e. The maximum atomic E-state index is 9.13. The van der Waals surface area contributed by atoms with Crippen molar-refractivity contribution in [1.29, 1.82) is 0 Å². The number of piperazine rings is 1. The van der Waals surface area contributed by atoms with Crippen LogP contribution in [0.3, 0.4) is 0 Å². The maximum Gasteiger partial charge on any atom is 0.137 e. The third-order valence-corrected chi connectivity index (χ3v) is 6.12. The van der Waals surface area contributed by atoms with E-state index in [2.05, 4.69) is 73.0 Å². The minimum absolute atomic E-state index is 0. The molecule has 0 amide bonds. The van der Waals surface area contributed by atoms with E-state index in [1.165, 1.54) is 10.8 Å². The van der Waals surface area contributed by atoms with E-state index in [4.69, 9.17) is 14.8 Å². The zero-order chi connectivity index (χ0) is 21.8. The zero-order valence-electron chi connectivity index (χ0n) is 19.3. The number of nitrogens with zero attached hydrogens (tertiary/aromatic N) is 3. The summed E-state index contributed by atoms with van der Waals surface area (Å²) >= 11 is 0. The Bertz CT molecular complexity index is 1030. The van der Waals surface area contributed by atoms with Gasteiger partial charge in [-0.15, -0.1) is 12.4 Å². The molecule has 6 heteroatoms. The van der Waals surface area contributed by atoms with Crippen LogP contribution >= 0.6 is 12.4 Å². The van der Waals surface area contributed by atoms with E-state index in [9.17, 15) is 0 Å². The third kappa shape index (κ3) is 5.17. The molecular formula is C26H34ClN3O2. The van der Waals surface area contributed by atoms with Crippen LogP contribution in [0.4, 0.5) is 5.82 Å². The van der Waals surface area contributed by atoms with Gasteiger partial charge in [-0.1, -0.05) is 45.0 Å². The monoisotopic (exact) mass is 455 g/mol. The predicted molar refractivity (Wildman–Crippen MR) is 135 cm³/mol. The molecule has 32 heavy (non-hydrogen) atoms. The average molecular weight is 456 g/mol. The van der Waals surface area contributed by atoms with Crippen molar-refractivity contribution >= 4 is 29.0 Å². The highest BCUT2D eigenvalue weighted by Gasteiger charge is 2.20. The summed E-state index contributed by atoms with van der Waals surface area (Å²) in [6, 6.07) is 17.0.